The first-order valence-electron chi connectivity index (χ1n) is 10.1. The third-order valence-electron chi connectivity index (χ3n) is 4.50. The van der Waals surface area contributed by atoms with Crippen molar-refractivity contribution in [3.63, 3.8) is 0 Å². The molecule has 0 amide bonds. The topological polar surface area (TPSA) is 67.4 Å². The predicted octanol–water partition coefficient (Wildman–Crippen LogP) is 2.12. The maximum atomic E-state index is 12.6. The average molecular weight is 414 g/mol. The fourth-order valence-electron chi connectivity index (χ4n) is 3.04. The zero-order chi connectivity index (χ0) is 20.9. The second-order valence-electron chi connectivity index (χ2n) is 6.61. The molecular formula is C20H32F2N4O3. The monoisotopic (exact) mass is 414 g/mol. The van der Waals surface area contributed by atoms with Gasteiger partial charge in [-0.05, 0) is 37.5 Å². The molecule has 2 rings (SSSR count). The van der Waals surface area contributed by atoms with Gasteiger partial charge in [0.05, 0.1) is 20.3 Å². The van der Waals surface area contributed by atoms with Crippen LogP contribution in [0.15, 0.2) is 23.2 Å². The van der Waals surface area contributed by atoms with Gasteiger partial charge in [-0.3, -0.25) is 9.89 Å². The summed E-state index contributed by atoms with van der Waals surface area (Å²) >= 11 is 0. The number of hydrogen-bond donors (Lipinski definition) is 2. The van der Waals surface area contributed by atoms with Crippen LogP contribution in [0.5, 0.6) is 11.5 Å². The van der Waals surface area contributed by atoms with Gasteiger partial charge in [0.25, 0.3) is 0 Å². The summed E-state index contributed by atoms with van der Waals surface area (Å²) in [5.74, 6) is 1.09. The third kappa shape index (κ3) is 8.82. The van der Waals surface area contributed by atoms with Gasteiger partial charge in [-0.25, -0.2) is 0 Å². The number of rotatable bonds is 11. The first-order chi connectivity index (χ1) is 14.1. The van der Waals surface area contributed by atoms with E-state index in [0.29, 0.717) is 13.0 Å². The number of benzene rings is 1. The zero-order valence-electron chi connectivity index (χ0n) is 17.3. The van der Waals surface area contributed by atoms with Crippen LogP contribution in [0.2, 0.25) is 0 Å². The van der Waals surface area contributed by atoms with E-state index < -0.39 is 6.61 Å². The first-order valence-corrected chi connectivity index (χ1v) is 10.1. The Morgan fingerprint density at radius 3 is 2.72 bits per heavy atom. The molecule has 0 atom stereocenters. The Hall–Kier alpha value is -2.13. The molecule has 1 aliphatic rings. The van der Waals surface area contributed by atoms with E-state index in [1.807, 2.05) is 13.0 Å². The van der Waals surface area contributed by atoms with Gasteiger partial charge in [0.1, 0.15) is 0 Å². The Morgan fingerprint density at radius 2 is 2.03 bits per heavy atom. The number of alkyl halides is 2. The van der Waals surface area contributed by atoms with Crippen LogP contribution in [-0.4, -0.2) is 77.1 Å². The lowest BCUT2D eigenvalue weighted by molar-refractivity contribution is -0.0512. The van der Waals surface area contributed by atoms with Crippen molar-refractivity contribution in [1.29, 1.82) is 0 Å². The van der Waals surface area contributed by atoms with Crippen molar-refractivity contribution in [3.8, 4) is 11.5 Å². The molecule has 1 aromatic rings. The number of halogens is 2. The standard InChI is InChI=1S/C20H32F2N4O3/c1-3-23-20(24-8-4-10-26-11-13-28-14-12-26)25-9-7-16-5-6-17(27-2)18(15-16)29-19(21)22/h5-6,15,19H,3-4,7-14H2,1-2H3,(H2,23,24,25). The van der Waals surface area contributed by atoms with Gasteiger partial charge >= 0.3 is 6.61 Å². The van der Waals surface area contributed by atoms with Crippen LogP contribution >= 0.6 is 0 Å². The molecule has 0 radical (unpaired) electrons. The Labute approximate surface area is 171 Å². The van der Waals surface area contributed by atoms with Crippen LogP contribution in [0.3, 0.4) is 0 Å². The molecule has 2 N–H and O–H groups in total. The fraction of sp³-hybridized carbons (Fsp3) is 0.650. The van der Waals surface area contributed by atoms with E-state index in [-0.39, 0.29) is 11.5 Å². The molecule has 1 fully saturated rings. The van der Waals surface area contributed by atoms with E-state index >= 15 is 0 Å². The van der Waals surface area contributed by atoms with E-state index in [1.165, 1.54) is 7.11 Å². The van der Waals surface area contributed by atoms with Gasteiger partial charge in [0.2, 0.25) is 0 Å². The Kier molecular flexibility index (Phi) is 10.5. The molecule has 9 heteroatoms. The first kappa shape index (κ1) is 23.2. The third-order valence-corrected chi connectivity index (χ3v) is 4.50. The number of methoxy groups -OCH3 is 1. The summed E-state index contributed by atoms with van der Waals surface area (Å²) < 4.78 is 40.1. The van der Waals surface area contributed by atoms with Gasteiger partial charge in [-0.15, -0.1) is 0 Å². The van der Waals surface area contributed by atoms with Gasteiger partial charge in [-0.2, -0.15) is 8.78 Å². The highest BCUT2D eigenvalue weighted by Crippen LogP contribution is 2.29. The molecule has 0 aliphatic carbocycles. The van der Waals surface area contributed by atoms with Crippen molar-refractivity contribution in [2.24, 2.45) is 4.99 Å². The summed E-state index contributed by atoms with van der Waals surface area (Å²) in [4.78, 5) is 7.00. The number of hydrogen-bond acceptors (Lipinski definition) is 5. The van der Waals surface area contributed by atoms with Gasteiger partial charge in [0, 0.05) is 39.3 Å². The number of guanidine groups is 1. The summed E-state index contributed by atoms with van der Waals surface area (Å²) in [7, 11) is 1.42. The summed E-state index contributed by atoms with van der Waals surface area (Å²) in [6.45, 7) is 5.87. The minimum absolute atomic E-state index is 0.0451. The van der Waals surface area contributed by atoms with Crippen LogP contribution in [0.1, 0.15) is 18.9 Å². The molecule has 0 bridgehead atoms. The van der Waals surface area contributed by atoms with Crippen molar-refractivity contribution < 1.29 is 23.0 Å². The van der Waals surface area contributed by atoms with E-state index in [0.717, 1.165) is 63.9 Å². The maximum Gasteiger partial charge on any atom is 0.387 e. The molecule has 29 heavy (non-hydrogen) atoms. The SMILES string of the molecule is CCNC(=NCCCN1CCOCC1)NCCc1ccc(OC)c(OC(F)F)c1. The minimum atomic E-state index is -2.89. The highest BCUT2D eigenvalue weighted by Gasteiger charge is 2.12. The van der Waals surface area contributed by atoms with Crippen LogP contribution in [0, 0.1) is 0 Å². The van der Waals surface area contributed by atoms with Crippen molar-refractivity contribution in [1.82, 2.24) is 15.5 Å². The minimum Gasteiger partial charge on any atom is -0.493 e. The molecule has 1 saturated heterocycles. The number of ether oxygens (including phenoxy) is 3. The molecule has 1 heterocycles. The van der Waals surface area contributed by atoms with Gasteiger partial charge < -0.3 is 24.8 Å². The summed E-state index contributed by atoms with van der Waals surface area (Å²) in [5, 5.41) is 6.51. The number of nitrogens with zero attached hydrogens (tertiary/aromatic N) is 2. The maximum absolute atomic E-state index is 12.6. The zero-order valence-corrected chi connectivity index (χ0v) is 17.3. The van der Waals surface area contributed by atoms with E-state index in [2.05, 4.69) is 25.3 Å². The number of nitrogens with one attached hydrogen (secondary N) is 2. The number of aliphatic imine (C=N–C) groups is 1. The molecule has 0 aromatic heterocycles. The quantitative estimate of drug-likeness (QED) is 0.329. The molecule has 7 nitrogen and oxygen atoms in total. The molecule has 1 aromatic carbocycles. The largest absolute Gasteiger partial charge is 0.493 e. The predicted molar refractivity (Wildman–Crippen MR) is 109 cm³/mol. The Morgan fingerprint density at radius 1 is 1.24 bits per heavy atom. The van der Waals surface area contributed by atoms with E-state index in [9.17, 15) is 8.78 Å². The summed E-state index contributed by atoms with van der Waals surface area (Å²) in [6.07, 6.45) is 1.63. The Bertz CT molecular complexity index is 626. The van der Waals surface area contributed by atoms with Gasteiger partial charge in [0.15, 0.2) is 17.5 Å². The Balaban J connectivity index is 1.78. The second-order valence-corrected chi connectivity index (χ2v) is 6.61. The molecule has 1 aliphatic heterocycles. The molecule has 164 valence electrons. The molecule has 0 spiro atoms. The van der Waals surface area contributed by atoms with E-state index in [4.69, 9.17) is 9.47 Å². The van der Waals surface area contributed by atoms with E-state index in [1.54, 1.807) is 12.1 Å². The highest BCUT2D eigenvalue weighted by atomic mass is 19.3. The van der Waals surface area contributed by atoms with Crippen molar-refractivity contribution in [2.45, 2.75) is 26.4 Å². The summed E-state index contributed by atoms with van der Waals surface area (Å²) in [6, 6.07) is 5.06. The lowest BCUT2D eigenvalue weighted by Gasteiger charge is -2.26. The van der Waals surface area contributed by atoms with Crippen molar-refractivity contribution in [3.05, 3.63) is 23.8 Å². The van der Waals surface area contributed by atoms with Gasteiger partial charge in [-0.1, -0.05) is 6.07 Å². The molecule has 0 saturated carbocycles. The average Bonchev–Trinajstić information content (AvgIpc) is 2.71. The lowest BCUT2D eigenvalue weighted by atomic mass is 10.1. The van der Waals surface area contributed by atoms with Crippen LogP contribution < -0.4 is 20.1 Å². The van der Waals surface area contributed by atoms with Crippen LogP contribution in [0.25, 0.3) is 0 Å². The van der Waals surface area contributed by atoms with Crippen molar-refractivity contribution in [2.75, 3.05) is 59.6 Å². The number of morpholine rings is 1. The molecular weight excluding hydrogens is 382 g/mol. The smallest absolute Gasteiger partial charge is 0.387 e. The molecule has 0 unspecified atom stereocenters. The van der Waals surface area contributed by atoms with Crippen LogP contribution in [-0.2, 0) is 11.2 Å². The van der Waals surface area contributed by atoms with Crippen molar-refractivity contribution >= 4 is 5.96 Å². The summed E-state index contributed by atoms with van der Waals surface area (Å²) in [5.41, 5.74) is 0.872. The lowest BCUT2D eigenvalue weighted by Crippen LogP contribution is -2.39. The fourth-order valence-corrected chi connectivity index (χ4v) is 3.04. The highest BCUT2D eigenvalue weighted by molar-refractivity contribution is 5.79. The normalized spacial score (nSPS) is 15.4. The second kappa shape index (κ2) is 13.2. The van der Waals surface area contributed by atoms with Crippen LogP contribution in [0.4, 0.5) is 8.78 Å².